The first-order chi connectivity index (χ1) is 9.38. The Balaban J connectivity index is 2.21. The van der Waals surface area contributed by atoms with E-state index in [0.717, 1.165) is 21.6 Å². The normalized spacial score (nSPS) is 10.7. The molecule has 0 saturated carbocycles. The van der Waals surface area contributed by atoms with Crippen LogP contribution in [0.1, 0.15) is 11.1 Å². The standard InChI is InChI=1S/C10H10N4O4S2/c1-3-5(15)11-9(12-6(3)16)19-20-10-13-7(17)4(2)8(18)14-10/h1-2H3,(H2,11,12,15,16)(H2,13,14,17,18). The van der Waals surface area contributed by atoms with E-state index in [2.05, 4.69) is 19.9 Å². The van der Waals surface area contributed by atoms with Crippen LogP contribution in [-0.2, 0) is 0 Å². The SMILES string of the molecule is Cc1c(O)nc(SSc2nc(O)c(C)c(=O)[nH]2)[nH]c1=O. The minimum Gasteiger partial charge on any atom is -0.493 e. The average molecular weight is 314 g/mol. The molecule has 0 radical (unpaired) electrons. The summed E-state index contributed by atoms with van der Waals surface area (Å²) < 4.78 is 0. The third-order valence-corrected chi connectivity index (χ3v) is 4.39. The van der Waals surface area contributed by atoms with E-state index < -0.39 is 11.1 Å². The van der Waals surface area contributed by atoms with Crippen LogP contribution >= 0.6 is 21.6 Å². The summed E-state index contributed by atoms with van der Waals surface area (Å²) in [5.74, 6) is -0.713. The number of H-pyrrole nitrogens is 2. The lowest BCUT2D eigenvalue weighted by atomic mass is 10.4. The summed E-state index contributed by atoms with van der Waals surface area (Å²) in [5, 5.41) is 19.2. The fourth-order valence-corrected chi connectivity index (χ4v) is 2.78. The first kappa shape index (κ1) is 14.5. The number of aromatic nitrogens is 4. The van der Waals surface area contributed by atoms with Crippen molar-refractivity contribution in [3.63, 3.8) is 0 Å². The Morgan fingerprint density at radius 3 is 1.50 bits per heavy atom. The van der Waals surface area contributed by atoms with Gasteiger partial charge in [-0.15, -0.1) is 0 Å². The maximum absolute atomic E-state index is 11.4. The fraction of sp³-hybridized carbons (Fsp3) is 0.200. The highest BCUT2D eigenvalue weighted by Gasteiger charge is 2.10. The number of hydrogen-bond acceptors (Lipinski definition) is 8. The lowest BCUT2D eigenvalue weighted by Gasteiger charge is -2.03. The molecule has 2 heterocycles. The minimum atomic E-state index is -0.450. The second-order valence-electron chi connectivity index (χ2n) is 3.81. The number of hydrogen-bond donors (Lipinski definition) is 4. The molecule has 4 N–H and O–H groups in total. The van der Waals surface area contributed by atoms with Crippen molar-refractivity contribution in [1.29, 1.82) is 0 Å². The van der Waals surface area contributed by atoms with Gasteiger partial charge in [0.2, 0.25) is 11.8 Å². The van der Waals surface area contributed by atoms with Gasteiger partial charge in [0.25, 0.3) is 11.1 Å². The summed E-state index contributed by atoms with van der Waals surface area (Å²) in [4.78, 5) is 35.3. The highest BCUT2D eigenvalue weighted by atomic mass is 33.1. The van der Waals surface area contributed by atoms with Gasteiger partial charge in [0.15, 0.2) is 10.3 Å². The topological polar surface area (TPSA) is 132 Å². The average Bonchev–Trinajstić information content (AvgIpc) is 2.39. The van der Waals surface area contributed by atoms with Crippen molar-refractivity contribution in [2.45, 2.75) is 24.2 Å². The summed E-state index contributed by atoms with van der Waals surface area (Å²) in [6.45, 7) is 2.89. The van der Waals surface area contributed by atoms with Gasteiger partial charge in [0.1, 0.15) is 0 Å². The van der Waals surface area contributed by atoms with E-state index in [-0.39, 0.29) is 33.2 Å². The molecule has 0 aliphatic rings. The molecular formula is C10H10N4O4S2. The van der Waals surface area contributed by atoms with E-state index in [4.69, 9.17) is 0 Å². The van der Waals surface area contributed by atoms with Crippen LogP contribution in [-0.4, -0.2) is 30.1 Å². The molecule has 106 valence electrons. The van der Waals surface area contributed by atoms with Crippen molar-refractivity contribution in [2.75, 3.05) is 0 Å². The van der Waals surface area contributed by atoms with Gasteiger partial charge in [0, 0.05) is 0 Å². The Hall–Kier alpha value is -1.94. The van der Waals surface area contributed by atoms with Crippen LogP contribution in [0.25, 0.3) is 0 Å². The Bertz CT molecular complexity index is 705. The lowest BCUT2D eigenvalue weighted by Crippen LogP contribution is -2.12. The first-order valence-electron chi connectivity index (χ1n) is 5.32. The third-order valence-electron chi connectivity index (χ3n) is 2.41. The minimum absolute atomic E-state index is 0.124. The van der Waals surface area contributed by atoms with Gasteiger partial charge in [-0.25, -0.2) is 0 Å². The molecule has 10 heteroatoms. The van der Waals surface area contributed by atoms with Crippen LogP contribution < -0.4 is 11.1 Å². The number of nitrogens with one attached hydrogen (secondary N) is 2. The van der Waals surface area contributed by atoms with Crippen molar-refractivity contribution in [2.24, 2.45) is 0 Å². The quantitative estimate of drug-likeness (QED) is 0.480. The zero-order chi connectivity index (χ0) is 14.9. The molecule has 0 saturated heterocycles. The Morgan fingerprint density at radius 1 is 0.850 bits per heavy atom. The largest absolute Gasteiger partial charge is 0.493 e. The van der Waals surface area contributed by atoms with Crippen molar-refractivity contribution < 1.29 is 10.2 Å². The molecule has 0 unspecified atom stereocenters. The summed E-state index contributed by atoms with van der Waals surface area (Å²) in [5.41, 5.74) is -0.652. The van der Waals surface area contributed by atoms with E-state index in [0.29, 0.717) is 0 Å². The molecule has 0 fully saturated rings. The van der Waals surface area contributed by atoms with Gasteiger partial charge >= 0.3 is 0 Å². The first-order valence-corrected chi connectivity index (χ1v) is 7.47. The van der Waals surface area contributed by atoms with Crippen LogP contribution in [0.3, 0.4) is 0 Å². The molecule has 0 aromatic carbocycles. The molecule has 2 aromatic rings. The van der Waals surface area contributed by atoms with E-state index in [1.165, 1.54) is 13.8 Å². The molecule has 2 rings (SSSR count). The van der Waals surface area contributed by atoms with Gasteiger partial charge in [-0.05, 0) is 35.4 Å². The molecule has 0 atom stereocenters. The number of aromatic amines is 2. The maximum Gasteiger partial charge on any atom is 0.258 e. The van der Waals surface area contributed by atoms with E-state index in [9.17, 15) is 19.8 Å². The predicted octanol–water partition coefficient (Wildman–Crippen LogP) is 0.681. The van der Waals surface area contributed by atoms with Crippen molar-refractivity contribution in [3.8, 4) is 11.8 Å². The molecule has 2 aromatic heterocycles. The van der Waals surface area contributed by atoms with Crippen LogP contribution in [0.4, 0.5) is 0 Å². The van der Waals surface area contributed by atoms with Gasteiger partial charge in [-0.1, -0.05) is 0 Å². The molecule has 0 bridgehead atoms. The number of aromatic hydroxyl groups is 2. The van der Waals surface area contributed by atoms with E-state index >= 15 is 0 Å². The molecule has 0 aliphatic heterocycles. The monoisotopic (exact) mass is 314 g/mol. The number of nitrogens with zero attached hydrogens (tertiary/aromatic N) is 2. The van der Waals surface area contributed by atoms with Gasteiger partial charge in [0.05, 0.1) is 11.1 Å². The zero-order valence-electron chi connectivity index (χ0n) is 10.4. The second kappa shape index (κ2) is 5.59. The van der Waals surface area contributed by atoms with Crippen molar-refractivity contribution in [1.82, 2.24) is 19.9 Å². The summed E-state index contributed by atoms with van der Waals surface area (Å²) in [6.07, 6.45) is 0. The van der Waals surface area contributed by atoms with E-state index in [1.807, 2.05) is 0 Å². The molecule has 20 heavy (non-hydrogen) atoms. The Labute approximate surface area is 120 Å². The highest BCUT2D eigenvalue weighted by Crippen LogP contribution is 2.33. The van der Waals surface area contributed by atoms with Gasteiger partial charge in [-0.2, -0.15) is 9.97 Å². The van der Waals surface area contributed by atoms with Crippen LogP contribution in [0.5, 0.6) is 11.8 Å². The zero-order valence-corrected chi connectivity index (χ0v) is 12.1. The van der Waals surface area contributed by atoms with Crippen LogP contribution in [0, 0.1) is 13.8 Å². The second-order valence-corrected chi connectivity index (χ2v) is 5.91. The maximum atomic E-state index is 11.4. The van der Waals surface area contributed by atoms with Crippen LogP contribution in [0.2, 0.25) is 0 Å². The van der Waals surface area contributed by atoms with Gasteiger partial charge in [-0.3, -0.25) is 9.59 Å². The van der Waals surface area contributed by atoms with Crippen molar-refractivity contribution in [3.05, 3.63) is 31.8 Å². The molecular weight excluding hydrogens is 304 g/mol. The third kappa shape index (κ3) is 2.96. The molecule has 0 amide bonds. The Morgan fingerprint density at radius 2 is 1.20 bits per heavy atom. The molecule has 8 nitrogen and oxygen atoms in total. The summed E-state index contributed by atoms with van der Waals surface area (Å²) in [7, 11) is 1.96. The smallest absolute Gasteiger partial charge is 0.258 e. The Kier molecular flexibility index (Phi) is 4.04. The van der Waals surface area contributed by atoms with E-state index in [1.54, 1.807) is 0 Å². The highest BCUT2D eigenvalue weighted by molar-refractivity contribution is 8.76. The number of rotatable bonds is 3. The summed E-state index contributed by atoms with van der Waals surface area (Å²) in [6, 6.07) is 0. The summed E-state index contributed by atoms with van der Waals surface area (Å²) >= 11 is 0. The molecule has 0 aliphatic carbocycles. The van der Waals surface area contributed by atoms with Gasteiger partial charge < -0.3 is 20.2 Å². The molecule has 0 spiro atoms. The lowest BCUT2D eigenvalue weighted by molar-refractivity contribution is 0.438. The van der Waals surface area contributed by atoms with Crippen molar-refractivity contribution >= 4 is 21.6 Å². The predicted molar refractivity (Wildman–Crippen MR) is 74.2 cm³/mol. The fourth-order valence-electron chi connectivity index (χ4n) is 1.16. The van der Waals surface area contributed by atoms with Crippen LogP contribution in [0.15, 0.2) is 19.9 Å².